The molecule has 0 fully saturated rings. The lowest BCUT2D eigenvalue weighted by Gasteiger charge is -2.24. The Morgan fingerprint density at radius 3 is 2.32 bits per heavy atom. The highest BCUT2D eigenvalue weighted by atomic mass is 35.5. The summed E-state index contributed by atoms with van der Waals surface area (Å²) in [7, 11) is -3.95. The molecule has 8 heteroatoms. The summed E-state index contributed by atoms with van der Waals surface area (Å²) < 4.78 is 27.7. The van der Waals surface area contributed by atoms with Crippen LogP contribution >= 0.6 is 11.6 Å². The van der Waals surface area contributed by atoms with Gasteiger partial charge in [0, 0.05) is 5.02 Å². The van der Waals surface area contributed by atoms with Crippen molar-refractivity contribution >= 4 is 39.4 Å². The number of halogens is 1. The van der Waals surface area contributed by atoms with Gasteiger partial charge in [-0.05, 0) is 66.9 Å². The van der Waals surface area contributed by atoms with Crippen molar-refractivity contribution < 1.29 is 13.2 Å². The van der Waals surface area contributed by atoms with Crippen LogP contribution < -0.4 is 9.73 Å². The van der Waals surface area contributed by atoms with Crippen molar-refractivity contribution in [3.63, 3.8) is 0 Å². The van der Waals surface area contributed by atoms with Crippen molar-refractivity contribution in [2.75, 3.05) is 10.8 Å². The molecule has 0 saturated carbocycles. The molecule has 0 unspecified atom stereocenters. The van der Waals surface area contributed by atoms with E-state index in [1.165, 1.54) is 18.3 Å². The van der Waals surface area contributed by atoms with Gasteiger partial charge in [-0.1, -0.05) is 48.0 Å². The first-order valence-corrected chi connectivity index (χ1v) is 11.3. The Morgan fingerprint density at radius 2 is 1.68 bits per heavy atom. The third kappa shape index (κ3) is 5.71. The minimum Gasteiger partial charge on any atom is -0.271 e. The molecule has 0 heterocycles. The molecule has 0 spiro atoms. The first kappa shape index (κ1) is 22.5. The van der Waals surface area contributed by atoms with Gasteiger partial charge in [0.1, 0.15) is 6.54 Å². The number of hydrazone groups is 1. The van der Waals surface area contributed by atoms with Gasteiger partial charge < -0.3 is 0 Å². The van der Waals surface area contributed by atoms with Gasteiger partial charge in [0.2, 0.25) is 0 Å². The summed E-state index contributed by atoms with van der Waals surface area (Å²) in [5, 5.41) is 4.51. The summed E-state index contributed by atoms with van der Waals surface area (Å²) in [6.07, 6.45) is 1.46. The van der Waals surface area contributed by atoms with Crippen LogP contribution in [-0.2, 0) is 14.8 Å². The van der Waals surface area contributed by atoms with E-state index in [2.05, 4.69) is 10.5 Å². The van der Waals surface area contributed by atoms with E-state index in [9.17, 15) is 13.2 Å². The summed E-state index contributed by atoms with van der Waals surface area (Å²) in [5.41, 5.74) is 5.49. The van der Waals surface area contributed by atoms with Gasteiger partial charge in [-0.2, -0.15) is 5.10 Å². The van der Waals surface area contributed by atoms with Gasteiger partial charge in [-0.15, -0.1) is 0 Å². The van der Waals surface area contributed by atoms with Crippen LogP contribution in [0.15, 0.2) is 82.8 Å². The van der Waals surface area contributed by atoms with Gasteiger partial charge in [-0.3, -0.25) is 9.10 Å². The second-order valence-corrected chi connectivity index (χ2v) is 9.24. The Bertz CT molecular complexity index is 1190. The van der Waals surface area contributed by atoms with E-state index in [1.54, 1.807) is 54.6 Å². The van der Waals surface area contributed by atoms with Crippen LogP contribution in [-0.4, -0.2) is 27.1 Å². The Kier molecular flexibility index (Phi) is 7.09. The first-order valence-electron chi connectivity index (χ1n) is 9.50. The lowest BCUT2D eigenvalue weighted by molar-refractivity contribution is -0.119. The number of benzene rings is 3. The molecule has 6 nitrogen and oxygen atoms in total. The fraction of sp³-hybridized carbons (Fsp3) is 0.130. The van der Waals surface area contributed by atoms with Gasteiger partial charge in [0.15, 0.2) is 0 Å². The summed E-state index contributed by atoms with van der Waals surface area (Å²) >= 11 is 5.85. The van der Waals surface area contributed by atoms with Gasteiger partial charge >= 0.3 is 0 Å². The molecule has 0 radical (unpaired) electrons. The number of carbonyl (C=O) groups excluding carboxylic acids is 1. The van der Waals surface area contributed by atoms with Crippen LogP contribution in [0.2, 0.25) is 5.02 Å². The number of amides is 1. The maximum Gasteiger partial charge on any atom is 0.264 e. The maximum absolute atomic E-state index is 13.3. The molecule has 0 aliphatic rings. The van der Waals surface area contributed by atoms with Crippen molar-refractivity contribution in [2.45, 2.75) is 18.7 Å². The van der Waals surface area contributed by atoms with Crippen molar-refractivity contribution in [3.8, 4) is 0 Å². The van der Waals surface area contributed by atoms with Crippen molar-refractivity contribution in [2.24, 2.45) is 5.10 Å². The fourth-order valence-corrected chi connectivity index (χ4v) is 4.37. The molecular weight excluding hydrogens is 434 g/mol. The third-order valence-electron chi connectivity index (χ3n) is 4.67. The van der Waals surface area contributed by atoms with Crippen molar-refractivity contribution in [1.82, 2.24) is 5.43 Å². The summed E-state index contributed by atoms with van der Waals surface area (Å²) in [5.74, 6) is -0.567. The number of nitrogens with zero attached hydrogens (tertiary/aromatic N) is 2. The van der Waals surface area contributed by atoms with Crippen LogP contribution in [0.4, 0.5) is 5.69 Å². The zero-order chi connectivity index (χ0) is 22.4. The van der Waals surface area contributed by atoms with E-state index < -0.39 is 22.5 Å². The fourth-order valence-electron chi connectivity index (χ4n) is 2.81. The standard InChI is InChI=1S/C23H22ClN3O3S/c1-17-8-13-21(14-18(17)2)27(31(29,30)22-6-4-3-5-7-22)16-23(28)26-25-15-19-9-11-20(24)12-10-19/h3-15H,16H2,1-2H3,(H,26,28)/b25-15-. The summed E-state index contributed by atoms with van der Waals surface area (Å²) in [4.78, 5) is 12.7. The molecule has 0 aliphatic heterocycles. The molecular formula is C23H22ClN3O3S. The Labute approximate surface area is 187 Å². The van der Waals surface area contributed by atoms with Gasteiger partial charge in [0.25, 0.3) is 15.9 Å². The predicted octanol–water partition coefficient (Wildman–Crippen LogP) is 4.30. The van der Waals surface area contributed by atoms with Crippen LogP contribution in [0.1, 0.15) is 16.7 Å². The Balaban J connectivity index is 1.85. The molecule has 0 atom stereocenters. The number of rotatable bonds is 7. The molecule has 160 valence electrons. The van der Waals surface area contributed by atoms with E-state index in [0.29, 0.717) is 10.7 Å². The number of anilines is 1. The first-order chi connectivity index (χ1) is 14.8. The maximum atomic E-state index is 13.3. The second-order valence-electron chi connectivity index (χ2n) is 6.94. The molecule has 1 amide bonds. The second kappa shape index (κ2) is 9.76. The summed E-state index contributed by atoms with van der Waals surface area (Å²) in [6, 6.07) is 20.2. The van der Waals surface area contributed by atoms with Crippen molar-refractivity contribution in [3.05, 3.63) is 94.5 Å². The highest BCUT2D eigenvalue weighted by Crippen LogP contribution is 2.25. The average molecular weight is 456 g/mol. The van der Waals surface area contributed by atoms with Crippen LogP contribution in [0.3, 0.4) is 0 Å². The van der Waals surface area contributed by atoms with Gasteiger partial charge in [0.05, 0.1) is 16.8 Å². The van der Waals surface area contributed by atoms with Crippen LogP contribution in [0.5, 0.6) is 0 Å². The summed E-state index contributed by atoms with van der Waals surface area (Å²) in [6.45, 7) is 3.41. The topological polar surface area (TPSA) is 78.8 Å². The molecule has 0 aliphatic carbocycles. The highest BCUT2D eigenvalue weighted by Gasteiger charge is 2.27. The van der Waals surface area contributed by atoms with E-state index >= 15 is 0 Å². The number of carbonyl (C=O) groups is 1. The molecule has 0 bridgehead atoms. The van der Waals surface area contributed by atoms with Gasteiger partial charge in [-0.25, -0.2) is 13.8 Å². The van der Waals surface area contributed by atoms with Crippen molar-refractivity contribution in [1.29, 1.82) is 0 Å². The lowest BCUT2D eigenvalue weighted by Crippen LogP contribution is -2.39. The van der Waals surface area contributed by atoms with E-state index in [-0.39, 0.29) is 4.90 Å². The largest absolute Gasteiger partial charge is 0.271 e. The number of hydrogen-bond acceptors (Lipinski definition) is 4. The molecule has 3 aromatic rings. The smallest absolute Gasteiger partial charge is 0.264 e. The molecule has 0 aromatic heterocycles. The van der Waals surface area contributed by atoms with E-state index in [4.69, 9.17) is 11.6 Å². The average Bonchev–Trinajstić information content (AvgIpc) is 2.76. The third-order valence-corrected chi connectivity index (χ3v) is 6.71. The molecule has 31 heavy (non-hydrogen) atoms. The minimum absolute atomic E-state index is 0.102. The Morgan fingerprint density at radius 1 is 1.00 bits per heavy atom. The number of nitrogens with one attached hydrogen (secondary N) is 1. The normalized spacial score (nSPS) is 11.5. The van der Waals surface area contributed by atoms with E-state index in [1.807, 2.05) is 19.9 Å². The van der Waals surface area contributed by atoms with Crippen LogP contribution in [0.25, 0.3) is 0 Å². The van der Waals surface area contributed by atoms with E-state index in [0.717, 1.165) is 21.0 Å². The minimum atomic E-state index is -3.95. The Hall–Kier alpha value is -3.16. The molecule has 3 rings (SSSR count). The number of hydrogen-bond donors (Lipinski definition) is 1. The number of aryl methyl sites for hydroxylation is 2. The zero-order valence-electron chi connectivity index (χ0n) is 17.1. The lowest BCUT2D eigenvalue weighted by atomic mass is 10.1. The number of sulfonamides is 1. The van der Waals surface area contributed by atoms with Crippen LogP contribution in [0, 0.1) is 13.8 Å². The monoisotopic (exact) mass is 455 g/mol. The highest BCUT2D eigenvalue weighted by molar-refractivity contribution is 7.92. The molecule has 1 N–H and O–H groups in total. The quantitative estimate of drug-likeness (QED) is 0.426. The molecule has 3 aromatic carbocycles. The predicted molar refractivity (Wildman–Crippen MR) is 124 cm³/mol. The molecule has 0 saturated heterocycles. The zero-order valence-corrected chi connectivity index (χ0v) is 18.7. The SMILES string of the molecule is Cc1ccc(N(CC(=O)N/N=C\c2ccc(Cl)cc2)S(=O)(=O)c2ccccc2)cc1C.